The number of rotatable bonds is 4. The van der Waals surface area contributed by atoms with Crippen molar-refractivity contribution in [2.75, 3.05) is 13.2 Å². The molecule has 1 saturated heterocycles. The lowest BCUT2D eigenvalue weighted by Crippen LogP contribution is -2.40. The maximum atomic E-state index is 10.9. The van der Waals surface area contributed by atoms with Crippen molar-refractivity contribution in [3.63, 3.8) is 0 Å². The summed E-state index contributed by atoms with van der Waals surface area (Å²) in [6, 6.07) is -0.0400. The van der Waals surface area contributed by atoms with E-state index in [4.69, 9.17) is 4.74 Å². The quantitative estimate of drug-likeness (QED) is 0.572. The summed E-state index contributed by atoms with van der Waals surface area (Å²) in [5.74, 6) is 0.797. The van der Waals surface area contributed by atoms with Gasteiger partial charge in [0.1, 0.15) is 0 Å². The lowest BCUT2D eigenvalue weighted by molar-refractivity contribution is -0.119. The molecule has 0 aromatic carbocycles. The second kappa shape index (κ2) is 9.51. The van der Waals surface area contributed by atoms with E-state index in [0.29, 0.717) is 6.10 Å². The van der Waals surface area contributed by atoms with Crippen molar-refractivity contribution in [2.45, 2.75) is 52.2 Å². The summed E-state index contributed by atoms with van der Waals surface area (Å²) in [5.41, 5.74) is 3.17. The first kappa shape index (κ1) is 19.4. The number of nitrogens with zero attached hydrogens (tertiary/aromatic N) is 1. The summed E-state index contributed by atoms with van der Waals surface area (Å²) in [4.78, 5) is 12.7. The van der Waals surface area contributed by atoms with Crippen molar-refractivity contribution in [3.8, 4) is 0 Å². The molecule has 128 valence electrons. The van der Waals surface area contributed by atoms with E-state index in [1.807, 2.05) is 13.0 Å². The molecule has 2 rings (SSSR count). The standard InChI is InChI=1S/C13H17NO.C7H14O/c1-5-11-7-8-14(9-15)13(10(3)4)12(11)6-2;1-6-3-4-7(2)8-5-6/h5-6,9,13H,1-3,7-8H2,4H3;6-7H,3-5H2,1-2H3/t13-;/m0./s1. The summed E-state index contributed by atoms with van der Waals surface area (Å²) in [6.07, 6.45) is 8.48. The van der Waals surface area contributed by atoms with E-state index >= 15 is 0 Å². The van der Waals surface area contributed by atoms with Crippen LogP contribution in [0.4, 0.5) is 0 Å². The lowest BCUT2D eigenvalue weighted by atomic mass is 9.89. The highest BCUT2D eigenvalue weighted by molar-refractivity contribution is 5.55. The fourth-order valence-electron chi connectivity index (χ4n) is 3.02. The predicted molar refractivity (Wildman–Crippen MR) is 97.2 cm³/mol. The Morgan fingerprint density at radius 2 is 1.96 bits per heavy atom. The largest absolute Gasteiger partial charge is 0.378 e. The Morgan fingerprint density at radius 1 is 1.26 bits per heavy atom. The molecule has 1 fully saturated rings. The molecule has 0 spiro atoms. The minimum absolute atomic E-state index is 0.0400. The van der Waals surface area contributed by atoms with Crippen LogP contribution in [-0.4, -0.2) is 36.6 Å². The van der Waals surface area contributed by atoms with Crippen molar-refractivity contribution in [3.05, 3.63) is 48.6 Å². The molecule has 2 aliphatic rings. The number of hydrogen-bond acceptors (Lipinski definition) is 2. The SMILES string of the molecule is C=CC1=C(C=C)[C@H](C(=C)C)N(C=O)CC1.CC1CCC(C)OC1. The summed E-state index contributed by atoms with van der Waals surface area (Å²) < 4.78 is 5.39. The van der Waals surface area contributed by atoms with Crippen LogP contribution in [0.15, 0.2) is 48.6 Å². The summed E-state index contributed by atoms with van der Waals surface area (Å²) in [6.45, 7) is 19.5. The maximum absolute atomic E-state index is 10.9. The van der Waals surface area contributed by atoms with Gasteiger partial charge in [-0.15, -0.1) is 0 Å². The molecule has 3 heteroatoms. The highest BCUT2D eigenvalue weighted by atomic mass is 16.5. The predicted octanol–water partition coefficient (Wildman–Crippen LogP) is 4.28. The van der Waals surface area contributed by atoms with Gasteiger partial charge in [-0.05, 0) is 50.2 Å². The first-order valence-corrected chi connectivity index (χ1v) is 8.40. The van der Waals surface area contributed by atoms with Crippen molar-refractivity contribution < 1.29 is 9.53 Å². The molecular weight excluding hydrogens is 286 g/mol. The normalized spacial score (nSPS) is 27.6. The minimum Gasteiger partial charge on any atom is -0.378 e. The van der Waals surface area contributed by atoms with E-state index in [9.17, 15) is 4.79 Å². The monoisotopic (exact) mass is 317 g/mol. The van der Waals surface area contributed by atoms with Gasteiger partial charge in [0.15, 0.2) is 0 Å². The lowest BCUT2D eigenvalue weighted by Gasteiger charge is -2.35. The highest BCUT2D eigenvalue weighted by Crippen LogP contribution is 2.28. The molecule has 0 N–H and O–H groups in total. The van der Waals surface area contributed by atoms with Gasteiger partial charge < -0.3 is 9.64 Å². The maximum Gasteiger partial charge on any atom is 0.210 e. The molecule has 3 nitrogen and oxygen atoms in total. The molecular formula is C20H31NO2. The molecule has 2 aliphatic heterocycles. The topological polar surface area (TPSA) is 29.5 Å². The van der Waals surface area contributed by atoms with E-state index in [1.165, 1.54) is 12.8 Å². The molecule has 0 saturated carbocycles. The zero-order chi connectivity index (χ0) is 17.4. The second-order valence-corrected chi connectivity index (χ2v) is 6.56. The summed E-state index contributed by atoms with van der Waals surface area (Å²) >= 11 is 0. The molecule has 2 unspecified atom stereocenters. The Balaban J connectivity index is 0.000000277. The Kier molecular flexibility index (Phi) is 8.04. The molecule has 23 heavy (non-hydrogen) atoms. The van der Waals surface area contributed by atoms with Gasteiger partial charge in [0.25, 0.3) is 0 Å². The third kappa shape index (κ3) is 5.51. The molecule has 0 aliphatic carbocycles. The van der Waals surface area contributed by atoms with Crippen molar-refractivity contribution in [1.29, 1.82) is 0 Å². The van der Waals surface area contributed by atoms with E-state index in [1.54, 1.807) is 11.0 Å². The van der Waals surface area contributed by atoms with Crippen LogP contribution < -0.4 is 0 Å². The minimum atomic E-state index is -0.0400. The number of amides is 1. The molecule has 0 aromatic rings. The molecule has 1 amide bonds. The van der Waals surface area contributed by atoms with Gasteiger partial charge >= 0.3 is 0 Å². The molecule has 2 heterocycles. The van der Waals surface area contributed by atoms with Gasteiger partial charge in [0, 0.05) is 13.2 Å². The van der Waals surface area contributed by atoms with Crippen molar-refractivity contribution in [1.82, 2.24) is 4.90 Å². The van der Waals surface area contributed by atoms with Gasteiger partial charge in [-0.2, -0.15) is 0 Å². The number of hydrogen-bond donors (Lipinski definition) is 0. The molecule has 0 radical (unpaired) electrons. The number of carbonyl (C=O) groups is 1. The molecule has 0 aromatic heterocycles. The Labute approximate surface area is 141 Å². The van der Waals surface area contributed by atoms with Gasteiger partial charge in [0.05, 0.1) is 12.1 Å². The summed E-state index contributed by atoms with van der Waals surface area (Å²) in [5, 5.41) is 0. The smallest absolute Gasteiger partial charge is 0.210 e. The van der Waals surface area contributed by atoms with Crippen LogP contribution in [0.2, 0.25) is 0 Å². The fraction of sp³-hybridized carbons (Fsp3) is 0.550. The first-order valence-electron chi connectivity index (χ1n) is 8.40. The van der Waals surface area contributed by atoms with Crippen LogP contribution in [0.1, 0.15) is 40.0 Å². The highest BCUT2D eigenvalue weighted by Gasteiger charge is 2.26. The van der Waals surface area contributed by atoms with Crippen LogP contribution in [-0.2, 0) is 9.53 Å². The van der Waals surface area contributed by atoms with Gasteiger partial charge in [-0.25, -0.2) is 0 Å². The third-order valence-electron chi connectivity index (χ3n) is 4.44. The van der Waals surface area contributed by atoms with E-state index in [-0.39, 0.29) is 6.04 Å². The Hall–Kier alpha value is -1.61. The second-order valence-electron chi connectivity index (χ2n) is 6.56. The van der Waals surface area contributed by atoms with Gasteiger partial charge in [-0.1, -0.05) is 44.4 Å². The molecule has 3 atom stereocenters. The average Bonchev–Trinajstić information content (AvgIpc) is 2.56. The summed E-state index contributed by atoms with van der Waals surface area (Å²) in [7, 11) is 0. The van der Waals surface area contributed by atoms with Crippen LogP contribution in [0, 0.1) is 5.92 Å². The zero-order valence-electron chi connectivity index (χ0n) is 14.9. The zero-order valence-corrected chi connectivity index (χ0v) is 14.9. The molecule has 0 bridgehead atoms. The number of carbonyl (C=O) groups excluding carboxylic acids is 1. The Bertz CT molecular complexity index is 460. The van der Waals surface area contributed by atoms with Crippen molar-refractivity contribution >= 4 is 6.41 Å². The van der Waals surface area contributed by atoms with Gasteiger partial charge in [0.2, 0.25) is 6.41 Å². The van der Waals surface area contributed by atoms with Crippen LogP contribution in [0.3, 0.4) is 0 Å². The van der Waals surface area contributed by atoms with E-state index < -0.39 is 0 Å². The van der Waals surface area contributed by atoms with Crippen LogP contribution >= 0.6 is 0 Å². The third-order valence-corrected chi connectivity index (χ3v) is 4.44. The number of allylic oxidation sites excluding steroid dienone is 1. The van der Waals surface area contributed by atoms with Crippen LogP contribution in [0.25, 0.3) is 0 Å². The van der Waals surface area contributed by atoms with Gasteiger partial charge in [-0.3, -0.25) is 4.79 Å². The fourth-order valence-corrected chi connectivity index (χ4v) is 3.02. The van der Waals surface area contributed by atoms with E-state index in [0.717, 1.165) is 48.6 Å². The van der Waals surface area contributed by atoms with Crippen molar-refractivity contribution in [2.24, 2.45) is 5.92 Å². The Morgan fingerprint density at radius 3 is 2.35 bits per heavy atom. The number of ether oxygens (including phenoxy) is 1. The van der Waals surface area contributed by atoms with Crippen LogP contribution in [0.5, 0.6) is 0 Å². The first-order chi connectivity index (χ1) is 10.9. The van der Waals surface area contributed by atoms with E-state index in [2.05, 4.69) is 33.6 Å². The average molecular weight is 317 g/mol.